The maximum atomic E-state index is 13.2. The number of aromatic nitrogens is 1. The van der Waals surface area contributed by atoms with Crippen molar-refractivity contribution >= 4 is 17.2 Å². The van der Waals surface area contributed by atoms with Crippen molar-refractivity contribution in [2.45, 2.75) is 31.7 Å². The van der Waals surface area contributed by atoms with Crippen LogP contribution in [0.15, 0.2) is 35.7 Å². The van der Waals surface area contributed by atoms with Gasteiger partial charge >= 0.3 is 0 Å². The van der Waals surface area contributed by atoms with Gasteiger partial charge in [-0.05, 0) is 42.3 Å². The number of nitrogens with one attached hydrogen (secondary N) is 1. The van der Waals surface area contributed by atoms with E-state index in [1.165, 1.54) is 36.6 Å². The van der Waals surface area contributed by atoms with Crippen LogP contribution in [0.2, 0.25) is 0 Å². The van der Waals surface area contributed by atoms with Crippen LogP contribution < -0.4 is 5.32 Å². The van der Waals surface area contributed by atoms with Gasteiger partial charge in [-0.3, -0.25) is 0 Å². The lowest BCUT2D eigenvalue weighted by Crippen LogP contribution is -2.18. The molecule has 0 bridgehead atoms. The Morgan fingerprint density at radius 1 is 1.21 bits per heavy atom. The Hall–Kier alpha value is -1.42. The van der Waals surface area contributed by atoms with E-state index in [0.717, 1.165) is 0 Å². The third kappa shape index (κ3) is 2.95. The number of pyridine rings is 1. The topological polar surface area (TPSA) is 24.9 Å². The summed E-state index contributed by atoms with van der Waals surface area (Å²) >= 11 is 1.76. The Morgan fingerprint density at radius 2 is 2.05 bits per heavy atom. The standard InChI is InChI=1S/C15H17FN2S/c16-13-8-3-9-14(17-13)18-15(11-5-1-2-6-11)12-7-4-10-19-12/h3-4,7-11,15H,1-2,5-6H2,(H,17,18). The van der Waals surface area contributed by atoms with Gasteiger partial charge in [-0.15, -0.1) is 11.3 Å². The minimum Gasteiger partial charge on any atom is -0.362 e. The molecule has 0 amide bonds. The van der Waals surface area contributed by atoms with Crippen LogP contribution in [0, 0.1) is 11.9 Å². The summed E-state index contributed by atoms with van der Waals surface area (Å²) in [4.78, 5) is 5.24. The van der Waals surface area contributed by atoms with Crippen LogP contribution in [0.4, 0.5) is 10.2 Å². The zero-order valence-corrected chi connectivity index (χ0v) is 11.5. The second-order valence-corrected chi connectivity index (χ2v) is 6.01. The first-order chi connectivity index (χ1) is 9.33. The zero-order chi connectivity index (χ0) is 13.1. The van der Waals surface area contributed by atoms with E-state index in [1.54, 1.807) is 17.4 Å². The van der Waals surface area contributed by atoms with Gasteiger partial charge in [0.25, 0.3) is 0 Å². The molecule has 1 saturated carbocycles. The van der Waals surface area contributed by atoms with Gasteiger partial charge in [0, 0.05) is 4.88 Å². The van der Waals surface area contributed by atoms with Crippen molar-refractivity contribution in [1.29, 1.82) is 0 Å². The summed E-state index contributed by atoms with van der Waals surface area (Å²) in [5, 5.41) is 5.52. The fourth-order valence-electron chi connectivity index (χ4n) is 2.83. The van der Waals surface area contributed by atoms with E-state index < -0.39 is 5.95 Å². The Morgan fingerprint density at radius 3 is 2.74 bits per heavy atom. The molecule has 1 unspecified atom stereocenters. The molecule has 0 aliphatic heterocycles. The van der Waals surface area contributed by atoms with Crippen LogP contribution in [0.25, 0.3) is 0 Å². The van der Waals surface area contributed by atoms with Gasteiger partial charge in [0.05, 0.1) is 6.04 Å². The van der Waals surface area contributed by atoms with Crippen molar-refractivity contribution in [3.63, 3.8) is 0 Å². The molecule has 0 radical (unpaired) electrons. The van der Waals surface area contributed by atoms with Gasteiger partial charge in [0.1, 0.15) is 5.82 Å². The molecule has 19 heavy (non-hydrogen) atoms. The van der Waals surface area contributed by atoms with E-state index in [0.29, 0.717) is 11.7 Å². The van der Waals surface area contributed by atoms with Gasteiger partial charge in [-0.2, -0.15) is 4.39 Å². The SMILES string of the molecule is Fc1cccc(NC(c2cccs2)C2CCCC2)n1. The van der Waals surface area contributed by atoms with Crippen LogP contribution in [-0.2, 0) is 0 Å². The molecule has 1 aliphatic rings. The van der Waals surface area contributed by atoms with Crippen molar-refractivity contribution in [2.75, 3.05) is 5.32 Å². The molecule has 2 aromatic heterocycles. The molecule has 2 nitrogen and oxygen atoms in total. The third-order valence-corrected chi connectivity index (χ3v) is 4.69. The minimum atomic E-state index is -0.429. The van der Waals surface area contributed by atoms with E-state index in [1.807, 2.05) is 6.07 Å². The predicted molar refractivity (Wildman–Crippen MR) is 76.8 cm³/mol. The van der Waals surface area contributed by atoms with Crippen molar-refractivity contribution in [3.05, 3.63) is 46.5 Å². The first kappa shape index (κ1) is 12.6. The molecular formula is C15H17FN2S. The lowest BCUT2D eigenvalue weighted by atomic mass is 9.96. The first-order valence-corrected chi connectivity index (χ1v) is 7.63. The molecule has 100 valence electrons. The molecule has 1 N–H and O–H groups in total. The Labute approximate surface area is 116 Å². The number of anilines is 1. The van der Waals surface area contributed by atoms with Gasteiger partial charge in [0.2, 0.25) is 5.95 Å². The molecule has 1 fully saturated rings. The van der Waals surface area contributed by atoms with Crippen LogP contribution >= 0.6 is 11.3 Å². The highest BCUT2D eigenvalue weighted by atomic mass is 32.1. The average molecular weight is 276 g/mol. The molecule has 1 atom stereocenters. The summed E-state index contributed by atoms with van der Waals surface area (Å²) in [7, 11) is 0. The monoisotopic (exact) mass is 276 g/mol. The highest BCUT2D eigenvalue weighted by molar-refractivity contribution is 7.10. The lowest BCUT2D eigenvalue weighted by molar-refractivity contribution is 0.473. The molecule has 0 aromatic carbocycles. The molecule has 0 spiro atoms. The molecule has 1 aliphatic carbocycles. The fourth-order valence-corrected chi connectivity index (χ4v) is 3.70. The molecule has 3 rings (SSSR count). The highest BCUT2D eigenvalue weighted by Gasteiger charge is 2.27. The van der Waals surface area contributed by atoms with E-state index in [2.05, 4.69) is 27.8 Å². The molecule has 2 heterocycles. The van der Waals surface area contributed by atoms with E-state index >= 15 is 0 Å². The number of nitrogens with zero attached hydrogens (tertiary/aromatic N) is 1. The zero-order valence-electron chi connectivity index (χ0n) is 10.7. The lowest BCUT2D eigenvalue weighted by Gasteiger charge is -2.24. The van der Waals surface area contributed by atoms with Gasteiger partial charge in [0.15, 0.2) is 0 Å². The molecule has 0 saturated heterocycles. The van der Waals surface area contributed by atoms with Crippen molar-refractivity contribution in [1.82, 2.24) is 4.98 Å². The summed E-state index contributed by atoms with van der Waals surface area (Å²) in [5.74, 6) is 0.829. The van der Waals surface area contributed by atoms with Gasteiger partial charge in [-0.1, -0.05) is 25.0 Å². The summed E-state index contributed by atoms with van der Waals surface area (Å²) in [5.41, 5.74) is 0. The highest BCUT2D eigenvalue weighted by Crippen LogP contribution is 2.39. The Kier molecular flexibility index (Phi) is 3.78. The number of hydrogen-bond acceptors (Lipinski definition) is 3. The number of rotatable bonds is 4. The smallest absolute Gasteiger partial charge is 0.214 e. The maximum absolute atomic E-state index is 13.2. The fraction of sp³-hybridized carbons (Fsp3) is 0.400. The van der Waals surface area contributed by atoms with Crippen LogP contribution in [0.5, 0.6) is 0 Å². The van der Waals surface area contributed by atoms with E-state index in [4.69, 9.17) is 0 Å². The number of thiophene rings is 1. The Bertz CT molecular complexity index is 521. The summed E-state index contributed by atoms with van der Waals surface area (Å²) in [6.07, 6.45) is 5.07. The van der Waals surface area contributed by atoms with Crippen molar-refractivity contribution in [2.24, 2.45) is 5.92 Å². The second kappa shape index (κ2) is 5.70. The third-order valence-electron chi connectivity index (χ3n) is 3.74. The molecule has 2 aromatic rings. The van der Waals surface area contributed by atoms with Crippen molar-refractivity contribution in [3.8, 4) is 0 Å². The summed E-state index contributed by atoms with van der Waals surface area (Å²) in [6.45, 7) is 0. The maximum Gasteiger partial charge on any atom is 0.214 e. The van der Waals surface area contributed by atoms with Crippen LogP contribution in [0.1, 0.15) is 36.6 Å². The predicted octanol–water partition coefficient (Wildman–Crippen LogP) is 4.63. The van der Waals surface area contributed by atoms with Crippen LogP contribution in [-0.4, -0.2) is 4.98 Å². The number of halogens is 1. The molecule has 4 heteroatoms. The molecular weight excluding hydrogens is 259 g/mol. The summed E-state index contributed by atoms with van der Waals surface area (Å²) in [6, 6.07) is 9.39. The number of hydrogen-bond donors (Lipinski definition) is 1. The summed E-state index contributed by atoms with van der Waals surface area (Å²) < 4.78 is 13.2. The normalized spacial score (nSPS) is 17.5. The largest absolute Gasteiger partial charge is 0.362 e. The van der Waals surface area contributed by atoms with E-state index in [-0.39, 0.29) is 6.04 Å². The Balaban J connectivity index is 1.83. The van der Waals surface area contributed by atoms with E-state index in [9.17, 15) is 4.39 Å². The minimum absolute atomic E-state index is 0.261. The first-order valence-electron chi connectivity index (χ1n) is 6.75. The van der Waals surface area contributed by atoms with Gasteiger partial charge < -0.3 is 5.32 Å². The second-order valence-electron chi connectivity index (χ2n) is 5.03. The van der Waals surface area contributed by atoms with Gasteiger partial charge in [-0.25, -0.2) is 4.98 Å². The van der Waals surface area contributed by atoms with Crippen LogP contribution in [0.3, 0.4) is 0 Å². The quantitative estimate of drug-likeness (QED) is 0.824. The van der Waals surface area contributed by atoms with Crippen molar-refractivity contribution < 1.29 is 4.39 Å². The average Bonchev–Trinajstić information content (AvgIpc) is 3.10.